The van der Waals surface area contributed by atoms with E-state index in [0.29, 0.717) is 48.2 Å². The summed E-state index contributed by atoms with van der Waals surface area (Å²) in [6.07, 6.45) is 0. The molecule has 1 heterocycles. The number of benzene rings is 3. The molecule has 3 aromatic carbocycles. The van der Waals surface area contributed by atoms with E-state index in [2.05, 4.69) is 11.4 Å². The van der Waals surface area contributed by atoms with Crippen molar-refractivity contribution in [1.29, 1.82) is 5.26 Å². The van der Waals surface area contributed by atoms with Crippen molar-refractivity contribution in [2.45, 2.75) is 5.03 Å². The van der Waals surface area contributed by atoms with E-state index in [1.165, 1.54) is 0 Å². The lowest BCUT2D eigenvalue weighted by Crippen LogP contribution is -2.14. The predicted molar refractivity (Wildman–Crippen MR) is 146 cm³/mol. The molecule has 174 valence electrons. The smallest absolute Gasteiger partial charge is 0.234 e. The Labute approximate surface area is 226 Å². The molecule has 4 nitrogen and oxygen atoms in total. The average molecular weight is 559 g/mol. The molecule has 0 saturated heterocycles. The third-order valence-corrected chi connectivity index (χ3v) is 7.34. The first-order valence-electron chi connectivity index (χ1n) is 10.2. The van der Waals surface area contributed by atoms with E-state index in [1.807, 2.05) is 36.4 Å². The van der Waals surface area contributed by atoms with Crippen LogP contribution in [0.3, 0.4) is 0 Å². The molecular weight excluding hydrogens is 544 g/mol. The minimum atomic E-state index is -0.318. The first-order chi connectivity index (χ1) is 16.9. The summed E-state index contributed by atoms with van der Waals surface area (Å²) in [6.45, 7) is 0. The maximum absolute atomic E-state index is 12.7. The highest BCUT2D eigenvalue weighted by molar-refractivity contribution is 8.00. The number of aromatic nitrogens is 1. The van der Waals surface area contributed by atoms with Gasteiger partial charge < -0.3 is 5.32 Å². The fraction of sp³-hybridized carbons (Fsp3) is 0.0385. The van der Waals surface area contributed by atoms with Crippen LogP contribution in [-0.2, 0) is 4.79 Å². The summed E-state index contributed by atoms with van der Waals surface area (Å²) >= 11 is 25.9. The third-order valence-electron chi connectivity index (χ3n) is 4.97. The predicted octanol–water partition coefficient (Wildman–Crippen LogP) is 8.63. The fourth-order valence-electron chi connectivity index (χ4n) is 3.32. The number of carbonyl (C=O) groups excluding carboxylic acids is 1. The van der Waals surface area contributed by atoms with Gasteiger partial charge >= 0.3 is 0 Å². The molecule has 0 unspecified atom stereocenters. The number of carbonyl (C=O) groups is 1. The van der Waals surface area contributed by atoms with Gasteiger partial charge in [-0.15, -0.1) is 0 Å². The molecule has 0 spiro atoms. The van der Waals surface area contributed by atoms with Gasteiger partial charge in [0.25, 0.3) is 0 Å². The number of rotatable bonds is 6. The summed E-state index contributed by atoms with van der Waals surface area (Å²) in [5.74, 6) is -0.322. The Kier molecular flexibility index (Phi) is 8.22. The molecule has 1 N–H and O–H groups in total. The van der Waals surface area contributed by atoms with E-state index in [1.54, 1.807) is 36.4 Å². The van der Waals surface area contributed by atoms with Crippen molar-refractivity contribution in [3.8, 4) is 28.5 Å². The van der Waals surface area contributed by atoms with Gasteiger partial charge in [-0.1, -0.05) is 94.6 Å². The number of anilines is 1. The number of hydrogen-bond donors (Lipinski definition) is 1. The Morgan fingerprint density at radius 3 is 2.34 bits per heavy atom. The van der Waals surface area contributed by atoms with Crippen LogP contribution in [0.25, 0.3) is 22.4 Å². The topological polar surface area (TPSA) is 65.8 Å². The van der Waals surface area contributed by atoms with Crippen molar-refractivity contribution in [2.75, 3.05) is 11.1 Å². The van der Waals surface area contributed by atoms with Gasteiger partial charge in [-0.05, 0) is 36.4 Å². The number of hydrogen-bond acceptors (Lipinski definition) is 4. The van der Waals surface area contributed by atoms with Crippen LogP contribution in [0, 0.1) is 11.3 Å². The second kappa shape index (κ2) is 11.3. The van der Waals surface area contributed by atoms with Crippen molar-refractivity contribution in [1.82, 2.24) is 4.98 Å². The summed E-state index contributed by atoms with van der Waals surface area (Å²) in [4.78, 5) is 17.4. The second-order valence-electron chi connectivity index (χ2n) is 7.27. The number of nitrogens with one attached hydrogen (secondary N) is 1. The van der Waals surface area contributed by atoms with E-state index in [4.69, 9.17) is 51.4 Å². The van der Waals surface area contributed by atoms with Crippen LogP contribution >= 0.6 is 58.2 Å². The van der Waals surface area contributed by atoms with Crippen LogP contribution in [-0.4, -0.2) is 16.6 Å². The van der Waals surface area contributed by atoms with Crippen molar-refractivity contribution in [3.63, 3.8) is 0 Å². The number of thioether (sulfide) groups is 1. The fourth-order valence-corrected chi connectivity index (χ4v) is 4.83. The monoisotopic (exact) mass is 557 g/mol. The Morgan fingerprint density at radius 2 is 1.63 bits per heavy atom. The normalized spacial score (nSPS) is 10.6. The summed E-state index contributed by atoms with van der Waals surface area (Å²) in [6, 6.07) is 23.5. The van der Waals surface area contributed by atoms with E-state index in [0.717, 1.165) is 17.3 Å². The van der Waals surface area contributed by atoms with Gasteiger partial charge in [0.05, 0.1) is 32.7 Å². The average Bonchev–Trinajstić information content (AvgIpc) is 2.86. The highest BCUT2D eigenvalue weighted by atomic mass is 35.5. The SMILES string of the molecule is N#Cc1c(-c2ccccc2Cl)cc(-c2ccc(Cl)cc2)nc1SCC(=O)Nc1cccc(Cl)c1Cl. The molecule has 0 radical (unpaired) electrons. The Bertz CT molecular complexity index is 1450. The number of nitrogens with zero attached hydrogens (tertiary/aromatic N) is 2. The zero-order chi connectivity index (χ0) is 24.9. The maximum Gasteiger partial charge on any atom is 0.234 e. The molecule has 0 saturated carbocycles. The third kappa shape index (κ3) is 5.92. The van der Waals surface area contributed by atoms with Crippen LogP contribution in [0.15, 0.2) is 77.8 Å². The van der Waals surface area contributed by atoms with Crippen molar-refractivity contribution >= 4 is 69.8 Å². The van der Waals surface area contributed by atoms with Gasteiger partial charge in [-0.3, -0.25) is 4.79 Å². The van der Waals surface area contributed by atoms with Gasteiger partial charge in [-0.25, -0.2) is 4.98 Å². The molecule has 35 heavy (non-hydrogen) atoms. The molecule has 0 aliphatic carbocycles. The molecule has 0 atom stereocenters. The Morgan fingerprint density at radius 1 is 0.914 bits per heavy atom. The van der Waals surface area contributed by atoms with Crippen molar-refractivity contribution in [2.24, 2.45) is 0 Å². The lowest BCUT2D eigenvalue weighted by molar-refractivity contribution is -0.113. The summed E-state index contributed by atoms with van der Waals surface area (Å²) in [5, 5.41) is 14.9. The van der Waals surface area contributed by atoms with Gasteiger partial charge in [0.1, 0.15) is 11.1 Å². The van der Waals surface area contributed by atoms with Crippen LogP contribution in [0.4, 0.5) is 5.69 Å². The van der Waals surface area contributed by atoms with E-state index in [9.17, 15) is 10.1 Å². The Balaban J connectivity index is 1.71. The van der Waals surface area contributed by atoms with Crippen LogP contribution in [0.2, 0.25) is 20.1 Å². The highest BCUT2D eigenvalue weighted by Crippen LogP contribution is 2.37. The largest absolute Gasteiger partial charge is 0.324 e. The number of pyridine rings is 1. The quantitative estimate of drug-likeness (QED) is 0.240. The lowest BCUT2D eigenvalue weighted by atomic mass is 9.99. The molecule has 9 heteroatoms. The summed E-state index contributed by atoms with van der Waals surface area (Å²) in [7, 11) is 0. The molecule has 1 aromatic heterocycles. The number of amides is 1. The van der Waals surface area contributed by atoms with Crippen LogP contribution < -0.4 is 5.32 Å². The maximum atomic E-state index is 12.7. The van der Waals surface area contributed by atoms with Crippen molar-refractivity contribution < 1.29 is 4.79 Å². The van der Waals surface area contributed by atoms with Gasteiger partial charge in [0.15, 0.2) is 0 Å². The highest BCUT2D eigenvalue weighted by Gasteiger charge is 2.19. The first kappa shape index (κ1) is 25.4. The minimum absolute atomic E-state index is 0.00342. The van der Waals surface area contributed by atoms with Gasteiger partial charge in [-0.2, -0.15) is 5.26 Å². The van der Waals surface area contributed by atoms with Crippen LogP contribution in [0.1, 0.15) is 5.56 Å². The molecule has 4 rings (SSSR count). The Hall–Kier alpha value is -2.72. The molecular formula is C26H15Cl4N3OS. The van der Waals surface area contributed by atoms with E-state index < -0.39 is 0 Å². The van der Waals surface area contributed by atoms with Crippen molar-refractivity contribution in [3.05, 3.63) is 98.5 Å². The standard InChI is InChI=1S/C26H15Cl4N3OS/c27-16-10-8-15(9-11-16)23-12-18(17-4-1-2-5-20(17)28)19(13-31)26(33-23)35-14-24(34)32-22-7-3-6-21(29)25(22)30/h1-12H,14H2,(H,32,34). The zero-order valence-electron chi connectivity index (χ0n) is 17.9. The molecule has 0 bridgehead atoms. The summed E-state index contributed by atoms with van der Waals surface area (Å²) < 4.78 is 0. The molecule has 0 fully saturated rings. The number of nitriles is 1. The number of halogens is 4. The van der Waals surface area contributed by atoms with E-state index >= 15 is 0 Å². The lowest BCUT2D eigenvalue weighted by Gasteiger charge is -2.14. The van der Waals surface area contributed by atoms with Gasteiger partial charge in [0.2, 0.25) is 5.91 Å². The molecule has 0 aliphatic heterocycles. The van der Waals surface area contributed by atoms with Gasteiger partial charge in [0, 0.05) is 26.7 Å². The summed E-state index contributed by atoms with van der Waals surface area (Å²) in [5.41, 5.74) is 3.49. The molecule has 4 aromatic rings. The second-order valence-corrected chi connectivity index (χ2v) is 9.86. The molecule has 0 aliphatic rings. The molecule has 1 amide bonds. The first-order valence-corrected chi connectivity index (χ1v) is 12.7. The van der Waals surface area contributed by atoms with Crippen LogP contribution in [0.5, 0.6) is 0 Å². The van der Waals surface area contributed by atoms with E-state index in [-0.39, 0.29) is 16.7 Å². The minimum Gasteiger partial charge on any atom is -0.324 e. The zero-order valence-corrected chi connectivity index (χ0v) is 21.7.